The number of hydrogen-bond acceptors (Lipinski definition) is 16. The molecule has 2 aliphatic rings. The van der Waals surface area contributed by atoms with Gasteiger partial charge >= 0.3 is 5.69 Å². The zero-order valence-electron chi connectivity index (χ0n) is 19.8. The number of carbonyl (C=O) groups is 1. The van der Waals surface area contributed by atoms with Crippen LogP contribution in [0.2, 0.25) is 0 Å². The molecule has 1 amide bonds. The summed E-state index contributed by atoms with van der Waals surface area (Å²) in [5.74, 6) is -1.46. The van der Waals surface area contributed by atoms with E-state index in [0.717, 1.165) is 19.2 Å². The Bertz CT molecular complexity index is 1300. The second-order valence-electron chi connectivity index (χ2n) is 8.46. The van der Waals surface area contributed by atoms with Gasteiger partial charge in [-0.2, -0.15) is 0 Å². The van der Waals surface area contributed by atoms with Crippen LogP contribution in [0.1, 0.15) is 13.2 Å². The van der Waals surface area contributed by atoms with Crippen molar-refractivity contribution in [1.29, 1.82) is 0 Å². The summed E-state index contributed by atoms with van der Waals surface area (Å²) in [6.07, 6.45) is -11.0. The molecule has 1 aromatic heterocycles. The van der Waals surface area contributed by atoms with Crippen molar-refractivity contribution in [2.24, 2.45) is 0 Å². The molecule has 2 unspecified atom stereocenters. The highest BCUT2D eigenvalue weighted by molar-refractivity contribution is 7.64. The van der Waals surface area contributed by atoms with E-state index in [1.165, 1.54) is 0 Å². The first-order chi connectivity index (χ1) is 18.0. The second kappa shape index (κ2) is 12.1. The fourth-order valence-electron chi connectivity index (χ4n) is 3.77. The molecule has 3 heterocycles. The first-order valence-corrected chi connectivity index (χ1v) is 14.1. The molecule has 2 saturated heterocycles. The monoisotopic (exact) mass is 601 g/mol. The van der Waals surface area contributed by atoms with Crippen LogP contribution in [-0.4, -0.2) is 96.9 Å². The maximum atomic E-state index is 12.4. The van der Waals surface area contributed by atoms with Crippen molar-refractivity contribution in [1.82, 2.24) is 14.9 Å². The highest BCUT2D eigenvalue weighted by Crippen LogP contribution is 2.57. The molecule has 0 aromatic carbocycles. The molecule has 3 rings (SSSR count). The predicted molar refractivity (Wildman–Crippen MR) is 119 cm³/mol. The molecule has 0 aliphatic carbocycles. The van der Waals surface area contributed by atoms with Gasteiger partial charge in [-0.15, -0.1) is 0 Å². The molecule has 2 fully saturated rings. The molecule has 10 atom stereocenters. The number of ether oxygens (including phenoxy) is 2. The minimum atomic E-state index is -5.75. The fraction of sp³-hybridized carbons (Fsp3) is 0.611. The number of H-pyrrole nitrogens is 1. The van der Waals surface area contributed by atoms with Crippen molar-refractivity contribution in [3.05, 3.63) is 44.7 Å². The molecule has 0 bridgehead atoms. The Morgan fingerprint density at radius 2 is 1.79 bits per heavy atom. The summed E-state index contributed by atoms with van der Waals surface area (Å²) in [6.45, 7) is -0.986. The Balaban J connectivity index is 1.72. The molecule has 1 aromatic rings. The number of rotatable bonds is 9. The van der Waals surface area contributed by atoms with E-state index in [1.807, 2.05) is 4.98 Å². The largest absolute Gasteiger partial charge is 0.775 e. The smallest absolute Gasteiger partial charge is 0.330 e. The number of aromatic amines is 1. The third-order valence-electron chi connectivity index (χ3n) is 5.56. The van der Waals surface area contributed by atoms with Crippen molar-refractivity contribution in [2.75, 3.05) is 13.2 Å². The summed E-state index contributed by atoms with van der Waals surface area (Å²) in [5, 5.41) is 51.9. The van der Waals surface area contributed by atoms with E-state index in [2.05, 4.69) is 14.2 Å². The van der Waals surface area contributed by atoms with Crippen LogP contribution in [0.25, 0.3) is 0 Å². The summed E-state index contributed by atoms with van der Waals surface area (Å²) < 4.78 is 44.2. The lowest BCUT2D eigenvalue weighted by Gasteiger charge is -2.40. The van der Waals surface area contributed by atoms with Gasteiger partial charge in [0.15, 0.2) is 13.8 Å². The topological polar surface area (TPSA) is 302 Å². The Hall–Kier alpha value is -2.25. The third-order valence-corrected chi connectivity index (χ3v) is 8.31. The average Bonchev–Trinajstić information content (AvgIpc) is 3.10. The van der Waals surface area contributed by atoms with Gasteiger partial charge in [0.25, 0.3) is 13.4 Å². The first kappa shape index (κ1) is 31.3. The number of aliphatic hydroxyl groups excluding tert-OH is 5. The van der Waals surface area contributed by atoms with E-state index in [4.69, 9.17) is 9.47 Å². The van der Waals surface area contributed by atoms with E-state index in [1.54, 1.807) is 0 Å². The minimum absolute atomic E-state index is 0.0998. The number of nitrogens with one attached hydrogen (secondary N) is 2. The molecule has 21 heteroatoms. The molecule has 0 radical (unpaired) electrons. The molecule has 0 spiro atoms. The van der Waals surface area contributed by atoms with Crippen molar-refractivity contribution < 1.29 is 67.6 Å². The second-order valence-corrected chi connectivity index (χ2v) is 11.6. The molecular weight excluding hydrogens is 576 g/mol. The first-order valence-electron chi connectivity index (χ1n) is 11.0. The van der Waals surface area contributed by atoms with Gasteiger partial charge in [0, 0.05) is 25.0 Å². The lowest BCUT2D eigenvalue weighted by Crippen LogP contribution is -2.58. The van der Waals surface area contributed by atoms with Crippen LogP contribution in [-0.2, 0) is 32.2 Å². The predicted octanol–water partition coefficient (Wildman–Crippen LogP) is -5.33. The summed E-state index contributed by atoms with van der Waals surface area (Å²) in [7, 11) is -11.3. The lowest BCUT2D eigenvalue weighted by atomic mass is 9.96. The molecule has 19 nitrogen and oxygen atoms in total. The van der Waals surface area contributed by atoms with E-state index in [9.17, 15) is 58.8 Å². The SMILES string of the molecule is CC(=O)N[C@H]1/C(=C/P(=O)([O-])OP(=O)([O-])OC[C@H]2O[C@@H](n3ccc(=O)[nH]c3=O)[C@H](O)[C@@H]2O)O[C@H](CO)[C@@H](O)[C@@H]1O. The van der Waals surface area contributed by atoms with Gasteiger partial charge in [-0.3, -0.25) is 28.0 Å². The zero-order valence-corrected chi connectivity index (χ0v) is 21.6. The molecule has 7 N–H and O–H groups in total. The molecule has 0 saturated carbocycles. The van der Waals surface area contributed by atoms with Gasteiger partial charge in [0.05, 0.1) is 13.2 Å². The highest BCUT2D eigenvalue weighted by atomic mass is 31.3. The van der Waals surface area contributed by atoms with Gasteiger partial charge in [-0.05, 0) is 0 Å². The standard InChI is InChI=1S/C18H27N3O16P2/c1-7(23)19-12-10(35-8(4-22)13(25)15(12)27)6-38(30,31)37-39(32,33)34-5-9-14(26)16(28)17(36-9)21-3-2-11(24)20-18(21)29/h2-3,6,8-9,12-17,22,25-28H,4-5H2,1H3,(H,19,23)(H,30,31)(H,32,33)(H,20,24,29)/p-2/b10-6-/t8-,9-,12+,13-,14-,15-,16-,17-/m1/s1. The number of aliphatic hydroxyl groups is 5. The number of carbonyl (C=O) groups excluding carboxylic acids is 1. The maximum absolute atomic E-state index is 12.4. The number of phosphoric acid groups is 1. The van der Waals surface area contributed by atoms with Crippen molar-refractivity contribution >= 4 is 21.3 Å². The number of hydrogen-bond donors (Lipinski definition) is 7. The van der Waals surface area contributed by atoms with E-state index in [-0.39, 0.29) is 5.82 Å². The Kier molecular flexibility index (Phi) is 9.70. The molecule has 220 valence electrons. The van der Waals surface area contributed by atoms with Crippen LogP contribution in [0, 0.1) is 0 Å². The van der Waals surface area contributed by atoms with Gasteiger partial charge in [-0.25, -0.2) is 4.79 Å². The van der Waals surface area contributed by atoms with Crippen LogP contribution in [0.15, 0.2) is 33.4 Å². The third kappa shape index (κ3) is 7.49. The summed E-state index contributed by atoms with van der Waals surface area (Å²) in [6, 6.07) is -0.752. The Labute approximate surface area is 218 Å². The highest BCUT2D eigenvalue weighted by Gasteiger charge is 2.45. The number of aromatic nitrogens is 2. The molecule has 39 heavy (non-hydrogen) atoms. The van der Waals surface area contributed by atoms with Crippen LogP contribution < -0.4 is 26.4 Å². The van der Waals surface area contributed by atoms with Gasteiger partial charge in [-0.1, -0.05) is 0 Å². The van der Waals surface area contributed by atoms with Gasteiger partial charge in [0.2, 0.25) is 5.91 Å². The molecular formula is C18H25N3O16P2-2. The van der Waals surface area contributed by atoms with E-state index in [0.29, 0.717) is 4.57 Å². The van der Waals surface area contributed by atoms with E-state index < -0.39 is 100 Å². The lowest BCUT2D eigenvalue weighted by molar-refractivity contribution is -0.232. The van der Waals surface area contributed by atoms with Crippen LogP contribution >= 0.6 is 15.4 Å². The minimum Gasteiger partial charge on any atom is -0.775 e. The maximum Gasteiger partial charge on any atom is 0.330 e. The summed E-state index contributed by atoms with van der Waals surface area (Å²) >= 11 is 0. The number of phosphoric ester groups is 1. The van der Waals surface area contributed by atoms with Gasteiger partial charge in [0.1, 0.15) is 48.4 Å². The van der Waals surface area contributed by atoms with Crippen molar-refractivity contribution in [2.45, 2.75) is 55.8 Å². The van der Waals surface area contributed by atoms with Crippen LogP contribution in [0.3, 0.4) is 0 Å². The number of nitrogens with zero attached hydrogens (tertiary/aromatic N) is 1. The van der Waals surface area contributed by atoms with Crippen LogP contribution in [0.5, 0.6) is 0 Å². The van der Waals surface area contributed by atoms with Crippen molar-refractivity contribution in [3.63, 3.8) is 0 Å². The quantitative estimate of drug-likeness (QED) is 0.130. The zero-order chi connectivity index (χ0) is 29.3. The average molecular weight is 601 g/mol. The summed E-state index contributed by atoms with van der Waals surface area (Å²) in [5.41, 5.74) is -1.77. The Morgan fingerprint density at radius 1 is 1.15 bits per heavy atom. The van der Waals surface area contributed by atoms with Crippen molar-refractivity contribution in [3.8, 4) is 0 Å². The normalized spacial score (nSPS) is 35.1. The molecule has 2 aliphatic heterocycles. The van der Waals surface area contributed by atoms with Crippen LogP contribution in [0.4, 0.5) is 0 Å². The van der Waals surface area contributed by atoms with E-state index >= 15 is 0 Å². The fourth-order valence-corrected chi connectivity index (χ4v) is 6.12. The number of amides is 1. The Morgan fingerprint density at radius 3 is 2.38 bits per heavy atom. The van der Waals surface area contributed by atoms with Gasteiger partial charge < -0.3 is 59.2 Å². The summed E-state index contributed by atoms with van der Waals surface area (Å²) in [4.78, 5) is 61.1.